The van der Waals surface area contributed by atoms with Crippen LogP contribution in [0.15, 0.2) is 107 Å². The summed E-state index contributed by atoms with van der Waals surface area (Å²) in [4.78, 5) is 34.4. The Morgan fingerprint density at radius 1 is 1.04 bits per heavy atom. The van der Waals surface area contributed by atoms with Crippen molar-refractivity contribution in [1.29, 1.82) is 0 Å². The van der Waals surface area contributed by atoms with Crippen LogP contribution < -0.4 is 5.32 Å². The molecule has 0 aliphatic carbocycles. The highest BCUT2D eigenvalue weighted by Gasteiger charge is 2.40. The summed E-state index contributed by atoms with van der Waals surface area (Å²) in [6.45, 7) is 0.822. The summed E-state index contributed by atoms with van der Waals surface area (Å²) < 4.78 is 50.2. The quantitative estimate of drug-likeness (QED) is 0.182. The molecule has 4 aromatic rings. The summed E-state index contributed by atoms with van der Waals surface area (Å²) in [6, 6.07) is 23.6. The number of halogens is 3. The number of hydrogen-bond acceptors (Lipinski definition) is 8. The molecule has 3 atom stereocenters. The van der Waals surface area contributed by atoms with Gasteiger partial charge in [0.25, 0.3) is 0 Å². The second-order valence-corrected chi connectivity index (χ2v) is 12.1. The van der Waals surface area contributed by atoms with Gasteiger partial charge in [-0.1, -0.05) is 54.2 Å². The van der Waals surface area contributed by atoms with E-state index in [1.165, 1.54) is 35.1 Å². The molecule has 2 aliphatic rings. The number of carbonyl (C=O) groups excluding carboxylic acids is 2. The number of aliphatic imine (C=N–C) groups is 1. The second-order valence-electron chi connectivity index (χ2n) is 11.1. The van der Waals surface area contributed by atoms with E-state index in [1.54, 1.807) is 41.3 Å². The number of thioether (sulfide) groups is 1. The molecular formula is C34H31F3N4O5S. The van der Waals surface area contributed by atoms with E-state index in [2.05, 4.69) is 10.3 Å². The van der Waals surface area contributed by atoms with Gasteiger partial charge in [-0.05, 0) is 72.5 Å². The van der Waals surface area contributed by atoms with Crippen LogP contribution in [0.1, 0.15) is 40.5 Å². The lowest BCUT2D eigenvalue weighted by atomic mass is 10.1. The van der Waals surface area contributed by atoms with Crippen molar-refractivity contribution in [2.45, 2.75) is 49.9 Å². The molecule has 2 saturated heterocycles. The van der Waals surface area contributed by atoms with E-state index in [9.17, 15) is 27.9 Å². The largest absolute Gasteiger partial charge is 0.467 e. The van der Waals surface area contributed by atoms with Crippen LogP contribution in [0.4, 0.5) is 24.5 Å². The lowest BCUT2D eigenvalue weighted by molar-refractivity contribution is -0.204. The number of carbonyl (C=O) groups is 2. The zero-order chi connectivity index (χ0) is 33.0. The lowest BCUT2D eigenvalue weighted by Crippen LogP contribution is -2.46. The summed E-state index contributed by atoms with van der Waals surface area (Å²) in [5.74, 6) is -0.0197. The smallest absolute Gasteiger partial charge is 0.416 e. The third-order valence-electron chi connectivity index (χ3n) is 7.86. The fraction of sp³-hybridized carbons (Fsp3) is 0.265. The van der Waals surface area contributed by atoms with Crippen molar-refractivity contribution in [3.05, 3.63) is 120 Å². The van der Waals surface area contributed by atoms with Crippen LogP contribution in [0.2, 0.25) is 0 Å². The highest BCUT2D eigenvalue weighted by Crippen LogP contribution is 2.42. The zero-order valence-corrected chi connectivity index (χ0v) is 25.8. The molecule has 3 heterocycles. The van der Waals surface area contributed by atoms with Crippen molar-refractivity contribution in [2.24, 2.45) is 4.99 Å². The van der Waals surface area contributed by atoms with Gasteiger partial charge in [0.2, 0.25) is 18.2 Å². The van der Waals surface area contributed by atoms with Gasteiger partial charge >= 0.3 is 6.18 Å². The fourth-order valence-electron chi connectivity index (χ4n) is 5.43. The summed E-state index contributed by atoms with van der Waals surface area (Å²) in [7, 11) is 0. The summed E-state index contributed by atoms with van der Waals surface area (Å²) in [5.41, 5.74) is 1.57. The van der Waals surface area contributed by atoms with Gasteiger partial charge in [-0.15, -0.1) is 0 Å². The third-order valence-corrected chi connectivity index (χ3v) is 9.09. The highest BCUT2D eigenvalue weighted by atomic mass is 32.2. The van der Waals surface area contributed by atoms with Gasteiger partial charge in [0.1, 0.15) is 11.0 Å². The first kappa shape index (κ1) is 32.5. The predicted molar refractivity (Wildman–Crippen MR) is 170 cm³/mol. The molecule has 47 heavy (non-hydrogen) atoms. The van der Waals surface area contributed by atoms with Gasteiger partial charge in [-0.25, -0.2) is 9.89 Å². The Bertz CT molecular complexity index is 1700. The fourth-order valence-corrected chi connectivity index (χ4v) is 6.61. The van der Waals surface area contributed by atoms with Gasteiger partial charge in [0.15, 0.2) is 5.17 Å². The van der Waals surface area contributed by atoms with E-state index < -0.39 is 29.4 Å². The molecule has 3 aromatic carbocycles. The van der Waals surface area contributed by atoms with Crippen molar-refractivity contribution in [1.82, 2.24) is 9.80 Å². The van der Waals surface area contributed by atoms with Crippen molar-refractivity contribution in [3.8, 4) is 0 Å². The molecule has 244 valence electrons. The molecule has 6 rings (SSSR count). The minimum absolute atomic E-state index is 0.0990. The van der Waals surface area contributed by atoms with Crippen LogP contribution in [-0.4, -0.2) is 50.9 Å². The Hall–Kier alpha value is -4.43. The second kappa shape index (κ2) is 14.1. The number of furan rings is 1. The number of hydrogen-bond donors (Lipinski definition) is 2. The average Bonchev–Trinajstić information content (AvgIpc) is 3.83. The topological polar surface area (TPSA) is 108 Å². The van der Waals surface area contributed by atoms with E-state index in [0.717, 1.165) is 24.1 Å². The Labute approximate surface area is 273 Å². The van der Waals surface area contributed by atoms with Crippen LogP contribution in [0, 0.1) is 0 Å². The van der Waals surface area contributed by atoms with Gasteiger partial charge in [-0.3, -0.25) is 14.5 Å². The molecule has 9 nitrogen and oxygen atoms in total. The number of aliphatic hydroxyl groups is 1. The van der Waals surface area contributed by atoms with Gasteiger partial charge in [0, 0.05) is 12.2 Å². The Balaban J connectivity index is 1.13. The van der Waals surface area contributed by atoms with Crippen LogP contribution >= 0.6 is 11.8 Å². The lowest BCUT2D eigenvalue weighted by Gasteiger charge is -2.28. The number of amidine groups is 1. The number of nitrogens with zero attached hydrogens (tertiary/aromatic N) is 3. The minimum Gasteiger partial charge on any atom is -0.467 e. The normalized spacial score (nSPS) is 20.2. The maximum Gasteiger partial charge on any atom is 0.416 e. The Morgan fingerprint density at radius 3 is 2.47 bits per heavy atom. The standard InChI is InChI=1S/C34H31F3N4O5S/c35-34(36,37)24-12-16-26(17-13-24)39-32-41(20-27-8-5-19-45-27)31(43)29(47-32)23-10-14-25(15-11-23)38-30(42)28-9-4-18-40(28)33(44)46-21-22-6-2-1-3-7-22/h1-3,5-8,10-17,19,28-29,33,44H,4,9,18,20-21H2,(H,38,42)/t28-,29?,33?/m0/s1. The maximum absolute atomic E-state index is 13.6. The molecule has 0 bridgehead atoms. The molecule has 2 amide bonds. The summed E-state index contributed by atoms with van der Waals surface area (Å²) in [6.07, 6.45) is -2.92. The first-order valence-electron chi connectivity index (χ1n) is 14.9. The van der Waals surface area contributed by atoms with E-state index in [-0.39, 0.29) is 30.7 Å². The monoisotopic (exact) mass is 664 g/mol. The molecule has 2 unspecified atom stereocenters. The van der Waals surface area contributed by atoms with Crippen molar-refractivity contribution in [2.75, 3.05) is 11.9 Å². The predicted octanol–water partition coefficient (Wildman–Crippen LogP) is 6.70. The van der Waals surface area contributed by atoms with Crippen molar-refractivity contribution >= 4 is 40.1 Å². The van der Waals surface area contributed by atoms with Crippen molar-refractivity contribution < 1.29 is 37.0 Å². The number of likely N-dealkylation sites (tertiary alicyclic amines) is 1. The minimum atomic E-state index is -4.47. The van der Waals surface area contributed by atoms with Crippen LogP contribution in [-0.2, 0) is 33.7 Å². The number of rotatable bonds is 10. The number of amides is 2. The molecule has 13 heteroatoms. The first-order valence-corrected chi connectivity index (χ1v) is 15.8. The first-order chi connectivity index (χ1) is 22.7. The molecule has 2 N–H and O–H groups in total. The molecule has 2 fully saturated rings. The number of nitrogens with one attached hydrogen (secondary N) is 1. The number of aliphatic hydroxyl groups excluding tert-OH is 1. The SMILES string of the molecule is O=C(Nc1ccc(C2SC(=Nc3ccc(C(F)(F)F)cc3)N(Cc3ccco3)C2=O)cc1)[C@@H]1CCCN1C(O)OCc1ccccc1. The van der Waals surface area contributed by atoms with Crippen LogP contribution in [0.25, 0.3) is 0 Å². The summed E-state index contributed by atoms with van der Waals surface area (Å²) in [5, 5.41) is 13.2. The Kier molecular flexibility index (Phi) is 9.78. The number of benzene rings is 3. The van der Waals surface area contributed by atoms with Gasteiger partial charge < -0.3 is 19.6 Å². The number of ether oxygens (including phenoxy) is 1. The van der Waals surface area contributed by atoms with Crippen molar-refractivity contribution in [3.63, 3.8) is 0 Å². The average molecular weight is 665 g/mol. The number of anilines is 1. The molecule has 1 aromatic heterocycles. The van der Waals surface area contributed by atoms with Crippen LogP contribution in [0.3, 0.4) is 0 Å². The molecule has 0 spiro atoms. The van der Waals surface area contributed by atoms with E-state index in [4.69, 9.17) is 9.15 Å². The zero-order valence-electron chi connectivity index (χ0n) is 25.0. The molecule has 0 saturated carbocycles. The van der Waals surface area contributed by atoms with E-state index >= 15 is 0 Å². The van der Waals surface area contributed by atoms with E-state index in [1.807, 2.05) is 30.3 Å². The Morgan fingerprint density at radius 2 is 1.79 bits per heavy atom. The highest BCUT2D eigenvalue weighted by molar-refractivity contribution is 8.15. The van der Waals surface area contributed by atoms with E-state index in [0.29, 0.717) is 35.1 Å². The van der Waals surface area contributed by atoms with Crippen LogP contribution in [0.5, 0.6) is 0 Å². The molecule has 2 aliphatic heterocycles. The summed E-state index contributed by atoms with van der Waals surface area (Å²) >= 11 is 1.18. The number of alkyl halides is 3. The molecular weight excluding hydrogens is 633 g/mol. The molecule has 0 radical (unpaired) electrons. The van der Waals surface area contributed by atoms with Gasteiger partial charge in [0.05, 0.1) is 36.7 Å². The maximum atomic E-state index is 13.6. The third kappa shape index (κ3) is 7.76. The van der Waals surface area contributed by atoms with Gasteiger partial charge in [-0.2, -0.15) is 13.2 Å².